The summed E-state index contributed by atoms with van der Waals surface area (Å²) >= 11 is 3.07. The Morgan fingerprint density at radius 2 is 2.38 bits per heavy atom. The van der Waals surface area contributed by atoms with E-state index in [0.29, 0.717) is 21.3 Å². The summed E-state index contributed by atoms with van der Waals surface area (Å²) in [5.41, 5.74) is 1.16. The maximum absolute atomic E-state index is 13.2. The zero-order chi connectivity index (χ0) is 11.7. The lowest BCUT2D eigenvalue weighted by molar-refractivity contribution is -0.139. The Morgan fingerprint density at radius 1 is 1.62 bits per heavy atom. The number of carbonyl (C=O) groups is 1. The molecule has 0 radical (unpaired) electrons. The number of imidazole rings is 1. The predicted octanol–water partition coefficient (Wildman–Crippen LogP) is 2.18. The molecular formula is C10H8BrFN2O2. The second-order valence-electron chi connectivity index (χ2n) is 3.22. The third-order valence-corrected chi connectivity index (χ3v) is 2.72. The number of halogens is 2. The van der Waals surface area contributed by atoms with Crippen LogP contribution in [0.3, 0.4) is 0 Å². The highest BCUT2D eigenvalue weighted by Gasteiger charge is 2.10. The van der Waals surface area contributed by atoms with Crippen LogP contribution in [0.5, 0.6) is 0 Å². The molecule has 2 rings (SSSR count). The largest absolute Gasteiger partial charge is 0.469 e. The number of fused-ring (bicyclic) bond motifs is 1. The molecule has 1 aromatic heterocycles. The number of aromatic nitrogens is 2. The molecule has 2 aromatic rings. The molecule has 1 N–H and O–H groups in total. The van der Waals surface area contributed by atoms with Crippen LogP contribution in [0, 0.1) is 5.82 Å². The molecular weight excluding hydrogens is 279 g/mol. The standard InChI is InChI=1S/C10H8BrFN2O2/c1-16-10(15)4-9-13-7-2-5(11)6(12)3-8(7)14-9/h2-3H,4H2,1H3,(H,13,14). The van der Waals surface area contributed by atoms with Gasteiger partial charge in [-0.15, -0.1) is 0 Å². The topological polar surface area (TPSA) is 55.0 Å². The van der Waals surface area contributed by atoms with Crippen LogP contribution in [-0.2, 0) is 16.0 Å². The molecule has 0 fully saturated rings. The van der Waals surface area contributed by atoms with E-state index in [4.69, 9.17) is 0 Å². The third kappa shape index (κ3) is 2.06. The number of rotatable bonds is 2. The first-order chi connectivity index (χ1) is 7.60. The van der Waals surface area contributed by atoms with Crippen LogP contribution in [0.15, 0.2) is 16.6 Å². The number of nitrogens with zero attached hydrogens (tertiary/aromatic N) is 1. The average molecular weight is 287 g/mol. The van der Waals surface area contributed by atoms with E-state index in [2.05, 4.69) is 30.6 Å². The minimum Gasteiger partial charge on any atom is -0.469 e. The van der Waals surface area contributed by atoms with Gasteiger partial charge in [0.1, 0.15) is 18.1 Å². The first-order valence-electron chi connectivity index (χ1n) is 4.50. The molecule has 0 aliphatic carbocycles. The summed E-state index contributed by atoms with van der Waals surface area (Å²) in [6, 6.07) is 2.88. The molecule has 4 nitrogen and oxygen atoms in total. The normalized spacial score (nSPS) is 10.7. The number of hydrogen-bond donors (Lipinski definition) is 1. The Balaban J connectivity index is 2.40. The molecule has 0 saturated carbocycles. The Morgan fingerprint density at radius 3 is 3.06 bits per heavy atom. The van der Waals surface area contributed by atoms with E-state index in [9.17, 15) is 9.18 Å². The molecule has 1 aromatic carbocycles. The van der Waals surface area contributed by atoms with Crippen LogP contribution in [0.4, 0.5) is 4.39 Å². The van der Waals surface area contributed by atoms with Crippen LogP contribution in [-0.4, -0.2) is 23.0 Å². The Kier molecular flexibility index (Phi) is 2.91. The second kappa shape index (κ2) is 4.21. The van der Waals surface area contributed by atoms with Gasteiger partial charge in [-0.05, 0) is 22.0 Å². The van der Waals surface area contributed by atoms with Gasteiger partial charge in [0, 0.05) is 6.07 Å². The summed E-state index contributed by atoms with van der Waals surface area (Å²) in [5, 5.41) is 0. The van der Waals surface area contributed by atoms with E-state index >= 15 is 0 Å². The quantitative estimate of drug-likeness (QED) is 0.861. The van der Waals surface area contributed by atoms with E-state index in [1.54, 1.807) is 6.07 Å². The number of nitrogens with one attached hydrogen (secondary N) is 1. The summed E-state index contributed by atoms with van der Waals surface area (Å²) in [6.07, 6.45) is 0.0460. The van der Waals surface area contributed by atoms with Gasteiger partial charge < -0.3 is 9.72 Å². The summed E-state index contributed by atoms with van der Waals surface area (Å²) in [4.78, 5) is 18.0. The van der Waals surface area contributed by atoms with E-state index < -0.39 is 5.97 Å². The van der Waals surface area contributed by atoms with Gasteiger partial charge in [0.25, 0.3) is 0 Å². The maximum Gasteiger partial charge on any atom is 0.313 e. The molecule has 0 saturated heterocycles. The molecule has 0 aliphatic rings. The van der Waals surface area contributed by atoms with Crippen LogP contribution in [0.1, 0.15) is 5.82 Å². The lowest BCUT2D eigenvalue weighted by Gasteiger charge is -1.93. The van der Waals surface area contributed by atoms with Gasteiger partial charge in [0.15, 0.2) is 0 Å². The molecule has 0 amide bonds. The number of carbonyl (C=O) groups excluding carboxylic acids is 1. The molecule has 0 unspecified atom stereocenters. The van der Waals surface area contributed by atoms with Crippen LogP contribution < -0.4 is 0 Å². The van der Waals surface area contributed by atoms with Crippen molar-refractivity contribution in [3.8, 4) is 0 Å². The van der Waals surface area contributed by atoms with Crippen molar-refractivity contribution in [3.63, 3.8) is 0 Å². The summed E-state index contributed by atoms with van der Waals surface area (Å²) in [6.45, 7) is 0. The molecule has 1 heterocycles. The number of aromatic amines is 1. The number of esters is 1. The highest BCUT2D eigenvalue weighted by Crippen LogP contribution is 2.21. The van der Waals surface area contributed by atoms with Gasteiger partial charge in [0.2, 0.25) is 0 Å². The van der Waals surface area contributed by atoms with E-state index in [-0.39, 0.29) is 12.2 Å². The first-order valence-corrected chi connectivity index (χ1v) is 5.30. The van der Waals surface area contributed by atoms with Gasteiger partial charge in [-0.2, -0.15) is 0 Å². The van der Waals surface area contributed by atoms with Crippen molar-refractivity contribution >= 4 is 32.9 Å². The number of methoxy groups -OCH3 is 1. The second-order valence-corrected chi connectivity index (χ2v) is 4.07. The smallest absolute Gasteiger partial charge is 0.313 e. The van der Waals surface area contributed by atoms with Gasteiger partial charge in [-0.25, -0.2) is 9.37 Å². The maximum atomic E-state index is 13.2. The monoisotopic (exact) mass is 286 g/mol. The minimum atomic E-state index is -0.390. The molecule has 84 valence electrons. The van der Waals surface area contributed by atoms with Crippen molar-refractivity contribution in [1.29, 1.82) is 0 Å². The molecule has 16 heavy (non-hydrogen) atoms. The molecule has 0 aliphatic heterocycles. The van der Waals surface area contributed by atoms with E-state index in [0.717, 1.165) is 0 Å². The van der Waals surface area contributed by atoms with Gasteiger partial charge in [-0.3, -0.25) is 4.79 Å². The van der Waals surface area contributed by atoms with Crippen molar-refractivity contribution in [2.45, 2.75) is 6.42 Å². The Hall–Kier alpha value is -1.43. The third-order valence-electron chi connectivity index (χ3n) is 2.11. The van der Waals surface area contributed by atoms with Crippen molar-refractivity contribution < 1.29 is 13.9 Å². The van der Waals surface area contributed by atoms with Crippen molar-refractivity contribution in [2.75, 3.05) is 7.11 Å². The summed E-state index contributed by atoms with van der Waals surface area (Å²) in [5.74, 6) is -0.307. The fraction of sp³-hybridized carbons (Fsp3) is 0.200. The SMILES string of the molecule is COC(=O)Cc1nc2cc(Br)c(F)cc2[nH]1. The van der Waals surface area contributed by atoms with Crippen molar-refractivity contribution in [2.24, 2.45) is 0 Å². The molecule has 0 spiro atoms. The lowest BCUT2D eigenvalue weighted by atomic mass is 10.3. The van der Waals surface area contributed by atoms with Gasteiger partial charge >= 0.3 is 5.97 Å². The van der Waals surface area contributed by atoms with Gasteiger partial charge in [0.05, 0.1) is 22.6 Å². The molecule has 6 heteroatoms. The first kappa shape index (κ1) is 11.1. The number of H-pyrrole nitrogens is 1. The lowest BCUT2D eigenvalue weighted by Crippen LogP contribution is -2.05. The number of benzene rings is 1. The van der Waals surface area contributed by atoms with E-state index in [1.807, 2.05) is 0 Å². The molecule has 0 bridgehead atoms. The van der Waals surface area contributed by atoms with Crippen LogP contribution in [0.2, 0.25) is 0 Å². The highest BCUT2D eigenvalue weighted by atomic mass is 79.9. The van der Waals surface area contributed by atoms with E-state index in [1.165, 1.54) is 13.2 Å². The zero-order valence-electron chi connectivity index (χ0n) is 8.38. The average Bonchev–Trinajstić information content (AvgIpc) is 2.60. The minimum absolute atomic E-state index is 0.0460. The highest BCUT2D eigenvalue weighted by molar-refractivity contribution is 9.10. The Labute approximate surface area is 98.9 Å². The fourth-order valence-corrected chi connectivity index (χ4v) is 1.68. The zero-order valence-corrected chi connectivity index (χ0v) is 9.97. The van der Waals surface area contributed by atoms with Crippen molar-refractivity contribution in [1.82, 2.24) is 9.97 Å². The predicted molar refractivity (Wildman–Crippen MR) is 59.5 cm³/mol. The fourth-order valence-electron chi connectivity index (χ4n) is 1.35. The Bertz CT molecular complexity index is 514. The summed E-state index contributed by atoms with van der Waals surface area (Å²) < 4.78 is 18.1. The van der Waals surface area contributed by atoms with Crippen molar-refractivity contribution in [3.05, 3.63) is 28.2 Å². The summed E-state index contributed by atoms with van der Waals surface area (Å²) in [7, 11) is 1.31. The molecule has 0 atom stereocenters. The number of hydrogen-bond acceptors (Lipinski definition) is 3. The van der Waals surface area contributed by atoms with Crippen LogP contribution >= 0.6 is 15.9 Å². The van der Waals surface area contributed by atoms with Crippen LogP contribution in [0.25, 0.3) is 11.0 Å². The van der Waals surface area contributed by atoms with Gasteiger partial charge in [-0.1, -0.05) is 0 Å². The number of ether oxygens (including phenoxy) is 1.